The first-order valence-electron chi connectivity index (χ1n) is 15.4. The summed E-state index contributed by atoms with van der Waals surface area (Å²) in [4.78, 5) is 2.37. The quantitative estimate of drug-likeness (QED) is 0.270. The van der Waals surface area contributed by atoms with Crippen molar-refractivity contribution in [2.24, 2.45) is 0 Å². The monoisotopic (exact) mass is 627 g/mol. The van der Waals surface area contributed by atoms with Gasteiger partial charge in [-0.25, -0.2) is 16.8 Å². The van der Waals surface area contributed by atoms with Crippen molar-refractivity contribution in [3.63, 3.8) is 0 Å². The number of nitrogens with one attached hydrogen (secondary N) is 1. The molecule has 12 heteroatoms. The summed E-state index contributed by atoms with van der Waals surface area (Å²) in [6.45, 7) is 8.64. The average Bonchev–Trinajstić information content (AvgIpc) is 2.97. The molecule has 3 saturated heterocycles. The van der Waals surface area contributed by atoms with E-state index in [-0.39, 0.29) is 28.7 Å². The molecule has 4 rings (SSSR count). The van der Waals surface area contributed by atoms with Crippen molar-refractivity contribution in [2.45, 2.75) is 104 Å². The average molecular weight is 628 g/mol. The van der Waals surface area contributed by atoms with Crippen molar-refractivity contribution in [2.75, 3.05) is 39.3 Å². The van der Waals surface area contributed by atoms with Crippen LogP contribution in [0.3, 0.4) is 0 Å². The molecule has 4 unspecified atom stereocenters. The van der Waals surface area contributed by atoms with Gasteiger partial charge in [-0.2, -0.15) is 0 Å². The number of sulfone groups is 2. The summed E-state index contributed by atoms with van der Waals surface area (Å²) < 4.78 is 57.9. The number of aliphatic hydroxyl groups is 3. The minimum Gasteiger partial charge on any atom is -0.393 e. The van der Waals surface area contributed by atoms with Gasteiger partial charge in [-0.3, -0.25) is 4.90 Å². The van der Waals surface area contributed by atoms with Gasteiger partial charge in [0, 0.05) is 50.1 Å². The van der Waals surface area contributed by atoms with E-state index in [1.807, 2.05) is 11.8 Å². The third-order valence-electron chi connectivity index (χ3n) is 9.51. The minimum atomic E-state index is -4.09. The smallest absolute Gasteiger partial charge is 0.202 e. The van der Waals surface area contributed by atoms with Gasteiger partial charge in [-0.15, -0.1) is 0 Å². The molecular formula is C30H49N3O7S2. The normalized spacial score (nSPS) is 26.5. The summed E-state index contributed by atoms with van der Waals surface area (Å²) in [6, 6.07) is 7.51. The second-order valence-corrected chi connectivity index (χ2v) is 16.8. The predicted octanol–water partition coefficient (Wildman–Crippen LogP) is 1.67. The van der Waals surface area contributed by atoms with Crippen molar-refractivity contribution in [3.8, 4) is 0 Å². The number of hydrogen-bond acceptors (Lipinski definition) is 10. The third kappa shape index (κ3) is 7.28. The van der Waals surface area contributed by atoms with E-state index in [2.05, 4.69) is 16.8 Å². The number of rotatable bonds is 12. The van der Waals surface area contributed by atoms with Crippen molar-refractivity contribution in [1.29, 1.82) is 0 Å². The Labute approximate surface area is 251 Å². The molecule has 4 atom stereocenters. The summed E-state index contributed by atoms with van der Waals surface area (Å²) in [7, 11) is -8.13. The molecule has 3 fully saturated rings. The van der Waals surface area contributed by atoms with Gasteiger partial charge in [-0.05, 0) is 70.0 Å². The van der Waals surface area contributed by atoms with Gasteiger partial charge in [0.05, 0.1) is 28.5 Å². The van der Waals surface area contributed by atoms with Crippen LogP contribution in [-0.2, 0) is 19.7 Å². The van der Waals surface area contributed by atoms with E-state index in [0.717, 1.165) is 0 Å². The van der Waals surface area contributed by atoms with E-state index in [0.29, 0.717) is 84.2 Å². The molecular weight excluding hydrogens is 578 g/mol. The second-order valence-electron chi connectivity index (χ2n) is 12.2. The summed E-state index contributed by atoms with van der Waals surface area (Å²) in [5.74, 6) is 0. The Morgan fingerprint density at radius 1 is 0.952 bits per heavy atom. The number of nitrogens with zero attached hydrogens (tertiary/aromatic N) is 2. The highest BCUT2D eigenvalue weighted by molar-refractivity contribution is 7.95. The molecule has 4 N–H and O–H groups in total. The predicted molar refractivity (Wildman–Crippen MR) is 163 cm³/mol. The van der Waals surface area contributed by atoms with Crippen molar-refractivity contribution >= 4 is 19.7 Å². The minimum absolute atomic E-state index is 0.0736. The van der Waals surface area contributed by atoms with E-state index in [9.17, 15) is 23.7 Å². The van der Waals surface area contributed by atoms with Crippen LogP contribution in [0, 0.1) is 0 Å². The van der Waals surface area contributed by atoms with Crippen LogP contribution in [0.25, 0.3) is 0 Å². The molecule has 0 saturated carbocycles. The molecule has 238 valence electrons. The van der Waals surface area contributed by atoms with Crippen LogP contribution in [0.5, 0.6) is 0 Å². The fourth-order valence-corrected chi connectivity index (χ4v) is 11.2. The second kappa shape index (κ2) is 14.2. The van der Waals surface area contributed by atoms with Crippen LogP contribution in [0.15, 0.2) is 46.7 Å². The molecule has 10 nitrogen and oxygen atoms in total. The van der Waals surface area contributed by atoms with Gasteiger partial charge in [0.2, 0.25) is 9.84 Å². The first-order chi connectivity index (χ1) is 19.9. The largest absolute Gasteiger partial charge is 0.393 e. The molecule has 0 radical (unpaired) electrons. The first-order valence-corrected chi connectivity index (χ1v) is 18.4. The lowest BCUT2D eigenvalue weighted by Gasteiger charge is -2.49. The zero-order valence-corrected chi connectivity index (χ0v) is 26.4. The highest BCUT2D eigenvalue weighted by Crippen LogP contribution is 2.42. The summed E-state index contributed by atoms with van der Waals surface area (Å²) in [5.41, 5.74) is 0. The van der Waals surface area contributed by atoms with E-state index in [1.54, 1.807) is 18.2 Å². The van der Waals surface area contributed by atoms with Gasteiger partial charge in [0.15, 0.2) is 9.84 Å². The Morgan fingerprint density at radius 2 is 1.55 bits per heavy atom. The standard InChI is InChI=1S/C30H49N3O7S2/c1-3-29(28-21-26(36)9-15-31-28)42(39,40)30(33-18-12-25(35)13-19-33,14-20-32-16-10-24(34)11-17-32)22-23(2)41(37,38)27-7-5-4-6-8-27/h4-8,24-26,28-29,31,34-36H,2-3,9-22H2,1H3. The van der Waals surface area contributed by atoms with Gasteiger partial charge < -0.3 is 25.5 Å². The van der Waals surface area contributed by atoms with E-state index >= 15 is 8.42 Å². The Hall–Kier alpha value is -1.38. The van der Waals surface area contributed by atoms with Crippen LogP contribution in [0.1, 0.15) is 64.7 Å². The lowest BCUT2D eigenvalue weighted by molar-refractivity contribution is 0.0340. The van der Waals surface area contributed by atoms with E-state index in [4.69, 9.17) is 0 Å². The summed E-state index contributed by atoms with van der Waals surface area (Å²) >= 11 is 0. The zero-order valence-electron chi connectivity index (χ0n) is 24.8. The number of aliphatic hydroxyl groups excluding tert-OH is 3. The zero-order chi connectivity index (χ0) is 30.5. The molecule has 0 aromatic heterocycles. The highest BCUT2D eigenvalue weighted by Gasteiger charge is 2.55. The van der Waals surface area contributed by atoms with Gasteiger partial charge >= 0.3 is 0 Å². The van der Waals surface area contributed by atoms with Crippen LogP contribution >= 0.6 is 0 Å². The molecule has 3 aliphatic heterocycles. The number of likely N-dealkylation sites (tertiary alicyclic amines) is 2. The fourth-order valence-electron chi connectivity index (χ4n) is 6.91. The molecule has 0 aliphatic carbocycles. The van der Waals surface area contributed by atoms with Gasteiger partial charge in [0.25, 0.3) is 0 Å². The number of piperidine rings is 3. The van der Waals surface area contributed by atoms with Crippen LogP contribution in [-0.4, -0.2) is 116 Å². The Bertz CT molecular complexity index is 1240. The highest BCUT2D eigenvalue weighted by atomic mass is 32.2. The molecule has 42 heavy (non-hydrogen) atoms. The first kappa shape index (κ1) is 33.5. The van der Waals surface area contributed by atoms with Crippen LogP contribution < -0.4 is 5.32 Å². The number of benzene rings is 1. The lowest BCUT2D eigenvalue weighted by atomic mass is 9.98. The summed E-state index contributed by atoms with van der Waals surface area (Å²) in [5, 5.41) is 33.3. The van der Waals surface area contributed by atoms with Crippen molar-refractivity contribution < 1.29 is 32.2 Å². The maximum absolute atomic E-state index is 15.2. The van der Waals surface area contributed by atoms with E-state index < -0.39 is 48.0 Å². The SMILES string of the molecule is C=C(CC(CCN1CCC(O)CC1)(N1CCC(O)CC1)S(=O)(=O)C(CC)C1CC(O)CCN1)S(=O)(=O)c1ccccc1. The molecule has 1 aromatic rings. The maximum atomic E-state index is 15.2. The Balaban J connectivity index is 1.79. The lowest BCUT2D eigenvalue weighted by Crippen LogP contribution is -2.64. The molecule has 3 heterocycles. The topological polar surface area (TPSA) is 147 Å². The molecule has 0 bridgehead atoms. The molecule has 0 amide bonds. The van der Waals surface area contributed by atoms with Gasteiger partial charge in [0.1, 0.15) is 4.87 Å². The van der Waals surface area contributed by atoms with Crippen LogP contribution in [0.4, 0.5) is 0 Å². The van der Waals surface area contributed by atoms with E-state index in [1.165, 1.54) is 12.1 Å². The van der Waals surface area contributed by atoms with Crippen molar-refractivity contribution in [1.82, 2.24) is 15.1 Å². The maximum Gasteiger partial charge on any atom is 0.202 e. The third-order valence-corrected chi connectivity index (χ3v) is 14.4. The molecule has 0 spiro atoms. The number of hydrogen-bond donors (Lipinski definition) is 4. The van der Waals surface area contributed by atoms with Crippen LogP contribution in [0.2, 0.25) is 0 Å². The fraction of sp³-hybridized carbons (Fsp3) is 0.733. The molecule has 1 aromatic carbocycles. The Morgan fingerprint density at radius 3 is 2.12 bits per heavy atom. The van der Waals surface area contributed by atoms with Gasteiger partial charge in [-0.1, -0.05) is 31.7 Å². The van der Waals surface area contributed by atoms with Crippen molar-refractivity contribution in [3.05, 3.63) is 41.8 Å². The Kier molecular flexibility index (Phi) is 11.3. The summed E-state index contributed by atoms with van der Waals surface area (Å²) in [6.07, 6.45) is 1.51. The molecule has 3 aliphatic rings.